The van der Waals surface area contributed by atoms with Gasteiger partial charge in [0.05, 0.1) is 6.61 Å². The molecule has 0 aliphatic carbocycles. The summed E-state index contributed by atoms with van der Waals surface area (Å²) in [5, 5.41) is 11.4. The normalized spacial score (nSPS) is 11.8. The molecule has 0 heterocycles. The molecular weight excluding hydrogens is 365 g/mol. The quantitative estimate of drug-likeness (QED) is 0.265. The number of ether oxygens (including phenoxy) is 1. The molecule has 9 nitrogen and oxygen atoms in total. The molecule has 0 saturated heterocycles. The predicted octanol–water partition coefficient (Wildman–Crippen LogP) is -1.49. The van der Waals surface area contributed by atoms with E-state index >= 15 is 0 Å². The zero-order valence-corrected chi connectivity index (χ0v) is 16.8. The summed E-state index contributed by atoms with van der Waals surface area (Å²) in [6.07, 6.45) is 0.667. The Morgan fingerprint density at radius 3 is 2.36 bits per heavy atom. The van der Waals surface area contributed by atoms with Gasteiger partial charge in [0.1, 0.15) is 11.8 Å². The number of hydrogen-bond donors (Lipinski definition) is 3. The molecule has 3 N–H and O–H groups in total. The molecule has 11 heteroatoms. The fourth-order valence-corrected chi connectivity index (χ4v) is 2.09. The van der Waals surface area contributed by atoms with Crippen molar-refractivity contribution in [1.29, 1.82) is 0 Å². The number of carbonyl (C=O) groups excluding carboxylic acids is 1. The summed E-state index contributed by atoms with van der Waals surface area (Å²) in [5.74, 6) is -1.36. The third-order valence-corrected chi connectivity index (χ3v) is 3.29. The number of rotatable bonds is 9. The number of carbonyl (C=O) groups is 2. The van der Waals surface area contributed by atoms with Gasteiger partial charge in [-0.1, -0.05) is 25.5 Å². The maximum atomic E-state index is 11.5. The minimum absolute atomic E-state index is 0. The molecule has 0 saturated carbocycles. The third kappa shape index (κ3) is 10.3. The molecule has 25 heavy (non-hydrogen) atoms. The van der Waals surface area contributed by atoms with E-state index in [0.717, 1.165) is 6.42 Å². The van der Waals surface area contributed by atoms with Crippen molar-refractivity contribution in [1.82, 2.24) is 5.32 Å². The van der Waals surface area contributed by atoms with Gasteiger partial charge in [-0.25, -0.2) is 9.59 Å². The number of carboxylic acids is 1. The predicted molar refractivity (Wildman–Crippen MR) is 84.3 cm³/mol. The van der Waals surface area contributed by atoms with Gasteiger partial charge in [0.15, 0.2) is 0 Å². The van der Waals surface area contributed by atoms with E-state index in [4.69, 9.17) is 14.4 Å². The van der Waals surface area contributed by atoms with E-state index in [9.17, 15) is 18.0 Å². The Kier molecular flexibility index (Phi) is 10.7. The summed E-state index contributed by atoms with van der Waals surface area (Å²) in [7, 11) is -4.62. The maximum absolute atomic E-state index is 11.5. The molecule has 1 aromatic carbocycles. The zero-order chi connectivity index (χ0) is 18.2. The molecule has 0 aliphatic heterocycles. The van der Waals surface area contributed by atoms with Crippen LogP contribution in [0.15, 0.2) is 24.3 Å². The topological polar surface area (TPSA) is 139 Å². The molecule has 0 radical (unpaired) electrons. The second kappa shape index (κ2) is 11.3. The molecular formula is C14H20NNaO8S. The van der Waals surface area contributed by atoms with Gasteiger partial charge in [0.2, 0.25) is 0 Å². The molecule has 1 atom stereocenters. The van der Waals surface area contributed by atoms with Gasteiger partial charge in [0, 0.05) is 6.42 Å². The zero-order valence-electron chi connectivity index (χ0n) is 15.0. The standard InChI is InChI=1S/C14H19NO8S.Na.H/c1-2-3-8-22-14(18)15-12(13(16)17)9-10-4-6-11(7-5-10)23-24(19,20)21;;/h4-7,12H,2-3,8-9H2,1H3,(H,15,18)(H,16,17)(H,19,20,21);;/q;+1;-1/t12-;;/m0../s1. The molecule has 1 amide bonds. The van der Waals surface area contributed by atoms with Gasteiger partial charge in [-0.15, -0.1) is 0 Å². The number of aliphatic carboxylic acids is 1. The summed E-state index contributed by atoms with van der Waals surface area (Å²) < 4.78 is 38.8. The average molecular weight is 385 g/mol. The van der Waals surface area contributed by atoms with Crippen LogP contribution >= 0.6 is 0 Å². The van der Waals surface area contributed by atoms with E-state index in [-0.39, 0.29) is 49.8 Å². The first-order valence-electron chi connectivity index (χ1n) is 7.13. The van der Waals surface area contributed by atoms with E-state index < -0.39 is 28.5 Å². The molecule has 0 bridgehead atoms. The molecule has 0 unspecified atom stereocenters. The van der Waals surface area contributed by atoms with Crippen LogP contribution in [0.25, 0.3) is 0 Å². The van der Waals surface area contributed by atoms with Crippen molar-refractivity contribution in [3.05, 3.63) is 29.8 Å². The van der Waals surface area contributed by atoms with Gasteiger partial charge < -0.3 is 20.8 Å². The monoisotopic (exact) mass is 385 g/mol. The molecule has 0 aromatic heterocycles. The number of benzene rings is 1. The Morgan fingerprint density at radius 1 is 1.28 bits per heavy atom. The molecule has 1 aromatic rings. The third-order valence-electron chi connectivity index (χ3n) is 2.89. The Hall–Kier alpha value is -1.33. The Bertz CT molecular complexity index is 668. The summed E-state index contributed by atoms with van der Waals surface area (Å²) in [6.45, 7) is 2.13. The summed E-state index contributed by atoms with van der Waals surface area (Å²) in [4.78, 5) is 22.7. The minimum Gasteiger partial charge on any atom is -1.00 e. The van der Waals surface area contributed by atoms with E-state index in [0.29, 0.717) is 12.0 Å². The first-order chi connectivity index (χ1) is 11.2. The molecule has 1 rings (SSSR count). The molecule has 136 valence electrons. The smallest absolute Gasteiger partial charge is 1.00 e. The van der Waals surface area contributed by atoms with Crippen molar-refractivity contribution >= 4 is 22.5 Å². The van der Waals surface area contributed by atoms with E-state index in [1.54, 1.807) is 0 Å². The van der Waals surface area contributed by atoms with Gasteiger partial charge >= 0.3 is 52.0 Å². The van der Waals surface area contributed by atoms with Crippen LogP contribution in [0.3, 0.4) is 0 Å². The summed E-state index contributed by atoms with van der Waals surface area (Å²) in [5.41, 5.74) is 0.513. The van der Waals surface area contributed by atoms with E-state index in [1.165, 1.54) is 24.3 Å². The van der Waals surface area contributed by atoms with Crippen molar-refractivity contribution in [3.63, 3.8) is 0 Å². The van der Waals surface area contributed by atoms with Gasteiger partial charge in [-0.3, -0.25) is 4.55 Å². The maximum Gasteiger partial charge on any atom is 1.00 e. The minimum atomic E-state index is -4.62. The summed E-state index contributed by atoms with van der Waals surface area (Å²) >= 11 is 0. The first kappa shape index (κ1) is 23.7. The van der Waals surface area contributed by atoms with Gasteiger partial charge in [0.25, 0.3) is 0 Å². The Balaban J connectivity index is 0. The number of carboxylic acid groups (broad SMARTS) is 1. The fourth-order valence-electron chi connectivity index (χ4n) is 1.73. The van der Waals surface area contributed by atoms with Crippen molar-refractivity contribution < 1.29 is 67.6 Å². The number of nitrogens with one attached hydrogen (secondary N) is 1. The second-order valence-corrected chi connectivity index (χ2v) is 5.91. The van der Waals surface area contributed by atoms with Crippen LogP contribution in [0.5, 0.6) is 5.75 Å². The van der Waals surface area contributed by atoms with E-state index in [2.05, 4.69) is 9.50 Å². The van der Waals surface area contributed by atoms with Crippen LogP contribution in [0.4, 0.5) is 4.79 Å². The SMILES string of the molecule is CCCCOC(=O)N[C@@H](Cc1ccc(OS(=O)(=O)O)cc1)C(=O)O.[H-].[Na+]. The van der Waals surface area contributed by atoms with Crippen LogP contribution in [0.2, 0.25) is 0 Å². The van der Waals surface area contributed by atoms with Crippen molar-refractivity contribution in [2.45, 2.75) is 32.2 Å². The summed E-state index contributed by atoms with van der Waals surface area (Å²) in [6, 6.07) is 4.14. The average Bonchev–Trinajstić information content (AvgIpc) is 2.47. The van der Waals surface area contributed by atoms with Crippen LogP contribution in [0.1, 0.15) is 26.8 Å². The van der Waals surface area contributed by atoms with Crippen LogP contribution in [-0.4, -0.2) is 42.8 Å². The van der Waals surface area contributed by atoms with Crippen LogP contribution in [0, 0.1) is 0 Å². The van der Waals surface area contributed by atoms with Crippen molar-refractivity contribution in [2.75, 3.05) is 6.61 Å². The number of unbranched alkanes of at least 4 members (excludes halogenated alkanes) is 1. The fraction of sp³-hybridized carbons (Fsp3) is 0.429. The first-order valence-corrected chi connectivity index (χ1v) is 8.49. The molecule has 0 spiro atoms. The molecule has 0 aliphatic rings. The Morgan fingerprint density at radius 2 is 1.88 bits per heavy atom. The van der Waals surface area contributed by atoms with Crippen molar-refractivity contribution in [2.24, 2.45) is 0 Å². The van der Waals surface area contributed by atoms with Gasteiger partial charge in [-0.2, -0.15) is 8.42 Å². The van der Waals surface area contributed by atoms with Crippen molar-refractivity contribution in [3.8, 4) is 5.75 Å². The Labute approximate surface area is 169 Å². The second-order valence-electron chi connectivity index (χ2n) is 4.88. The number of amides is 1. The van der Waals surface area contributed by atoms with Crippen LogP contribution < -0.4 is 39.1 Å². The molecule has 0 fully saturated rings. The largest absolute Gasteiger partial charge is 1.00 e. The van der Waals surface area contributed by atoms with Gasteiger partial charge in [-0.05, 0) is 24.1 Å². The number of alkyl carbamates (subject to hydrolysis) is 1. The van der Waals surface area contributed by atoms with E-state index in [1.807, 2.05) is 6.92 Å². The number of hydrogen-bond acceptors (Lipinski definition) is 6. The van der Waals surface area contributed by atoms with Crippen LogP contribution in [-0.2, 0) is 26.4 Å².